The number of hydrogen-bond acceptors (Lipinski definition) is 5. The molecule has 1 aliphatic carbocycles. The number of aromatic nitrogens is 1. The number of esters is 1. The predicted octanol–water partition coefficient (Wildman–Crippen LogP) is 4.97. The molecule has 0 atom stereocenters. The van der Waals surface area contributed by atoms with Crippen LogP contribution in [0.2, 0.25) is 0 Å². The van der Waals surface area contributed by atoms with Crippen molar-refractivity contribution in [3.05, 3.63) is 45.5 Å². The van der Waals surface area contributed by atoms with Crippen LogP contribution in [0.1, 0.15) is 58.7 Å². The predicted molar refractivity (Wildman–Crippen MR) is 131 cm³/mol. The van der Waals surface area contributed by atoms with Gasteiger partial charge in [0.15, 0.2) is 5.69 Å². The molecule has 0 bridgehead atoms. The molecule has 0 radical (unpaired) electrons. The fourth-order valence-corrected chi connectivity index (χ4v) is 5.95. The number of ether oxygens (including phenoxy) is 1. The third-order valence-corrected chi connectivity index (χ3v) is 7.29. The van der Waals surface area contributed by atoms with Gasteiger partial charge in [-0.15, -0.1) is 11.3 Å². The highest BCUT2D eigenvalue weighted by Crippen LogP contribution is 2.44. The molecule has 4 rings (SSSR count). The van der Waals surface area contributed by atoms with E-state index in [1.807, 2.05) is 32.0 Å². The zero-order valence-corrected chi connectivity index (χ0v) is 20.3. The summed E-state index contributed by atoms with van der Waals surface area (Å²) in [6.07, 6.45) is 4.04. The number of nitrogens with one attached hydrogen (secondary N) is 2. The van der Waals surface area contributed by atoms with Gasteiger partial charge >= 0.3 is 5.97 Å². The van der Waals surface area contributed by atoms with Crippen LogP contribution in [0, 0.1) is 13.8 Å². The monoisotopic (exact) mass is 467 g/mol. The van der Waals surface area contributed by atoms with Crippen molar-refractivity contribution in [3.8, 4) is 0 Å². The van der Waals surface area contributed by atoms with Gasteiger partial charge in [-0.2, -0.15) is 0 Å². The second-order valence-electron chi connectivity index (χ2n) is 8.42. The van der Waals surface area contributed by atoms with E-state index in [0.717, 1.165) is 52.7 Å². The lowest BCUT2D eigenvalue weighted by atomic mass is 9.96. The highest BCUT2D eigenvalue weighted by molar-refractivity contribution is 7.19. The molecule has 1 aliphatic rings. The number of carbonyl (C=O) groups excluding carboxylic acids is 3. The maximum Gasteiger partial charge on any atom is 0.357 e. The Morgan fingerprint density at radius 1 is 1.06 bits per heavy atom. The van der Waals surface area contributed by atoms with Gasteiger partial charge in [0.2, 0.25) is 11.8 Å². The molecular weight excluding hydrogens is 438 g/mol. The van der Waals surface area contributed by atoms with E-state index in [2.05, 4.69) is 10.6 Å². The van der Waals surface area contributed by atoms with Crippen molar-refractivity contribution in [2.75, 3.05) is 17.2 Å². The standard InChI is InChI=1S/C25H29N3O4S/c1-5-32-25(31)23-22(26-16(4)29)20-17-11-6-7-12-18(17)33-24(20)28(23)13-19(30)27-21-14(2)9-8-10-15(21)3/h8-10H,5-7,11-13H2,1-4H3,(H,26,29)(H,27,30). The van der Waals surface area contributed by atoms with Crippen LogP contribution in [0.5, 0.6) is 0 Å². The molecule has 0 spiro atoms. The minimum Gasteiger partial charge on any atom is -0.461 e. The number of anilines is 2. The van der Waals surface area contributed by atoms with Crippen molar-refractivity contribution in [2.45, 2.75) is 59.9 Å². The van der Waals surface area contributed by atoms with E-state index in [1.54, 1.807) is 22.8 Å². The van der Waals surface area contributed by atoms with Gasteiger partial charge in [-0.05, 0) is 63.1 Å². The molecule has 2 amide bonds. The van der Waals surface area contributed by atoms with Crippen molar-refractivity contribution < 1.29 is 19.1 Å². The summed E-state index contributed by atoms with van der Waals surface area (Å²) in [5, 5.41) is 6.74. The van der Waals surface area contributed by atoms with Crippen molar-refractivity contribution in [1.29, 1.82) is 0 Å². The lowest BCUT2D eigenvalue weighted by Crippen LogP contribution is -2.23. The van der Waals surface area contributed by atoms with Crippen LogP contribution in [0.25, 0.3) is 10.2 Å². The van der Waals surface area contributed by atoms with Gasteiger partial charge in [-0.25, -0.2) is 4.79 Å². The van der Waals surface area contributed by atoms with E-state index >= 15 is 0 Å². The van der Waals surface area contributed by atoms with E-state index in [-0.39, 0.29) is 30.7 Å². The maximum atomic E-state index is 13.2. The third kappa shape index (κ3) is 4.39. The van der Waals surface area contributed by atoms with E-state index in [1.165, 1.54) is 17.4 Å². The van der Waals surface area contributed by atoms with Crippen LogP contribution in [0.4, 0.5) is 11.4 Å². The Morgan fingerprint density at radius 3 is 2.42 bits per heavy atom. The van der Waals surface area contributed by atoms with E-state index in [9.17, 15) is 14.4 Å². The number of fused-ring (bicyclic) bond motifs is 3. The van der Waals surface area contributed by atoms with Crippen LogP contribution in [-0.4, -0.2) is 29.0 Å². The smallest absolute Gasteiger partial charge is 0.357 e. The summed E-state index contributed by atoms with van der Waals surface area (Å²) in [4.78, 5) is 40.4. The molecule has 0 unspecified atom stereocenters. The molecule has 33 heavy (non-hydrogen) atoms. The fraction of sp³-hybridized carbons (Fsp3) is 0.400. The first-order chi connectivity index (χ1) is 15.8. The van der Waals surface area contributed by atoms with Gasteiger partial charge in [-0.1, -0.05) is 18.2 Å². The number of para-hydroxylation sites is 1. The largest absolute Gasteiger partial charge is 0.461 e. The molecular formula is C25H29N3O4S. The number of carbonyl (C=O) groups is 3. The first kappa shape index (κ1) is 23.0. The van der Waals surface area contributed by atoms with Gasteiger partial charge < -0.3 is 19.9 Å². The molecule has 0 fully saturated rings. The minimum atomic E-state index is -0.547. The van der Waals surface area contributed by atoms with Gasteiger partial charge in [0, 0.05) is 22.9 Å². The second kappa shape index (κ2) is 9.39. The van der Waals surface area contributed by atoms with Crippen LogP contribution >= 0.6 is 11.3 Å². The molecule has 7 nitrogen and oxygen atoms in total. The Balaban J connectivity index is 1.84. The normalized spacial score (nSPS) is 13.0. The number of hydrogen-bond donors (Lipinski definition) is 2. The number of nitrogens with zero attached hydrogens (tertiary/aromatic N) is 1. The summed E-state index contributed by atoms with van der Waals surface area (Å²) in [7, 11) is 0. The Labute approximate surface area is 197 Å². The number of amides is 2. The Morgan fingerprint density at radius 2 is 1.76 bits per heavy atom. The van der Waals surface area contributed by atoms with Crippen LogP contribution in [-0.2, 0) is 33.7 Å². The molecule has 0 saturated carbocycles. The topological polar surface area (TPSA) is 89.4 Å². The average molecular weight is 468 g/mol. The number of benzene rings is 1. The maximum absolute atomic E-state index is 13.2. The zero-order valence-electron chi connectivity index (χ0n) is 19.5. The number of aryl methyl sites for hydroxylation is 4. The first-order valence-electron chi connectivity index (χ1n) is 11.3. The number of rotatable bonds is 6. The van der Waals surface area contributed by atoms with Gasteiger partial charge in [0.25, 0.3) is 0 Å². The van der Waals surface area contributed by atoms with Crippen LogP contribution in [0.3, 0.4) is 0 Å². The molecule has 0 saturated heterocycles. The average Bonchev–Trinajstić information content (AvgIpc) is 3.26. The molecule has 3 aromatic rings. The van der Waals surface area contributed by atoms with Crippen LogP contribution in [0.15, 0.2) is 18.2 Å². The summed E-state index contributed by atoms with van der Waals surface area (Å²) in [5.41, 5.74) is 4.56. The van der Waals surface area contributed by atoms with Crippen molar-refractivity contribution in [1.82, 2.24) is 4.57 Å². The van der Waals surface area contributed by atoms with Gasteiger partial charge in [0.1, 0.15) is 11.4 Å². The second-order valence-corrected chi connectivity index (χ2v) is 9.50. The summed E-state index contributed by atoms with van der Waals surface area (Å²) >= 11 is 1.60. The highest BCUT2D eigenvalue weighted by Gasteiger charge is 2.31. The SMILES string of the molecule is CCOC(=O)c1c(NC(C)=O)c2c3c(sc2n1CC(=O)Nc1c(C)cccc1C)CCCC3. The van der Waals surface area contributed by atoms with E-state index in [4.69, 9.17) is 4.74 Å². The lowest BCUT2D eigenvalue weighted by Gasteiger charge is -2.15. The Hall–Kier alpha value is -3.13. The number of thiophene rings is 1. The summed E-state index contributed by atoms with van der Waals surface area (Å²) in [6.45, 7) is 7.19. The summed E-state index contributed by atoms with van der Waals surface area (Å²) < 4.78 is 7.05. The highest BCUT2D eigenvalue weighted by atomic mass is 32.1. The lowest BCUT2D eigenvalue weighted by molar-refractivity contribution is -0.116. The van der Waals surface area contributed by atoms with Crippen molar-refractivity contribution in [3.63, 3.8) is 0 Å². The van der Waals surface area contributed by atoms with Crippen molar-refractivity contribution in [2.24, 2.45) is 0 Å². The Kier molecular flexibility index (Phi) is 6.56. The summed E-state index contributed by atoms with van der Waals surface area (Å²) in [6, 6.07) is 5.84. The van der Waals surface area contributed by atoms with Crippen LogP contribution < -0.4 is 10.6 Å². The minimum absolute atomic E-state index is 0.0581. The fourth-order valence-electron chi connectivity index (χ4n) is 4.55. The van der Waals surface area contributed by atoms with Gasteiger partial charge in [0.05, 0.1) is 12.3 Å². The molecule has 174 valence electrons. The molecule has 2 aromatic heterocycles. The van der Waals surface area contributed by atoms with Gasteiger partial charge in [-0.3, -0.25) is 9.59 Å². The molecule has 0 aliphatic heterocycles. The molecule has 8 heteroatoms. The molecule has 2 heterocycles. The Bertz CT molecular complexity index is 1230. The zero-order chi connectivity index (χ0) is 23.7. The first-order valence-corrected chi connectivity index (χ1v) is 12.1. The van der Waals surface area contributed by atoms with Crippen molar-refractivity contribution >= 4 is 50.7 Å². The summed E-state index contributed by atoms with van der Waals surface area (Å²) in [5.74, 6) is -1.06. The third-order valence-electron chi connectivity index (χ3n) is 5.97. The van der Waals surface area contributed by atoms with E-state index < -0.39 is 5.97 Å². The molecule has 1 aromatic carbocycles. The van der Waals surface area contributed by atoms with E-state index in [0.29, 0.717) is 5.69 Å². The molecule has 2 N–H and O–H groups in total. The quantitative estimate of drug-likeness (QED) is 0.501.